The molecule has 0 spiro atoms. The Morgan fingerprint density at radius 3 is 2.26 bits per heavy atom. The van der Waals surface area contributed by atoms with Crippen molar-refractivity contribution in [2.45, 2.75) is 38.4 Å². The van der Waals surface area contributed by atoms with Gasteiger partial charge in [0.15, 0.2) is 5.78 Å². The van der Waals surface area contributed by atoms with Crippen LogP contribution in [0.5, 0.6) is 0 Å². The van der Waals surface area contributed by atoms with Gasteiger partial charge in [-0.05, 0) is 37.1 Å². The Morgan fingerprint density at radius 1 is 1.26 bits per heavy atom. The van der Waals surface area contributed by atoms with Gasteiger partial charge in [-0.25, -0.2) is 0 Å². The number of alkyl halides is 3. The van der Waals surface area contributed by atoms with Gasteiger partial charge in [-0.15, -0.1) is 0 Å². The third-order valence-corrected chi connectivity index (χ3v) is 3.18. The van der Waals surface area contributed by atoms with Crippen molar-refractivity contribution in [2.24, 2.45) is 0 Å². The highest BCUT2D eigenvalue weighted by Crippen LogP contribution is 2.34. The molecule has 104 valence electrons. The molecular formula is C14H16F3NO. The number of hydrogen-bond donors (Lipinski definition) is 0. The minimum atomic E-state index is -4.21. The monoisotopic (exact) mass is 271 g/mol. The third kappa shape index (κ3) is 3.72. The van der Waals surface area contributed by atoms with Crippen molar-refractivity contribution >= 4 is 11.5 Å². The number of ketones is 1. The molecule has 1 aliphatic rings. The van der Waals surface area contributed by atoms with Gasteiger partial charge in [-0.1, -0.05) is 6.92 Å². The number of hydrogen-bond acceptors (Lipinski definition) is 2. The Hall–Kier alpha value is -1.52. The van der Waals surface area contributed by atoms with Crippen molar-refractivity contribution in [1.29, 1.82) is 0 Å². The van der Waals surface area contributed by atoms with Crippen LogP contribution in [0.1, 0.15) is 36.5 Å². The first-order valence-corrected chi connectivity index (χ1v) is 6.37. The largest absolute Gasteiger partial charge is 0.405 e. The summed E-state index contributed by atoms with van der Waals surface area (Å²) in [5.41, 5.74) is 1.08. The zero-order valence-corrected chi connectivity index (χ0v) is 10.7. The first-order chi connectivity index (χ1) is 8.90. The number of benzene rings is 1. The summed E-state index contributed by atoms with van der Waals surface area (Å²) in [5.74, 6) is 0.000318. The Labute approximate surface area is 110 Å². The van der Waals surface area contributed by atoms with Crippen LogP contribution in [-0.4, -0.2) is 24.5 Å². The van der Waals surface area contributed by atoms with E-state index in [0.29, 0.717) is 17.7 Å². The molecule has 0 aromatic heterocycles. The van der Waals surface area contributed by atoms with Crippen LogP contribution >= 0.6 is 0 Å². The highest BCUT2D eigenvalue weighted by Gasteiger charge is 2.38. The highest BCUT2D eigenvalue weighted by molar-refractivity contribution is 5.96. The second-order valence-corrected chi connectivity index (χ2v) is 4.80. The lowest BCUT2D eigenvalue weighted by Gasteiger charge is -2.26. The summed E-state index contributed by atoms with van der Waals surface area (Å²) in [6.07, 6.45) is -2.22. The summed E-state index contributed by atoms with van der Waals surface area (Å²) in [5, 5.41) is 0. The molecule has 2 rings (SSSR count). The molecule has 0 heterocycles. The van der Waals surface area contributed by atoms with Gasteiger partial charge in [-0.2, -0.15) is 13.2 Å². The molecule has 1 aliphatic carbocycles. The lowest BCUT2D eigenvalue weighted by molar-refractivity contribution is -0.120. The van der Waals surface area contributed by atoms with E-state index >= 15 is 0 Å². The molecule has 0 saturated heterocycles. The average Bonchev–Trinajstić information content (AvgIpc) is 3.18. The number of Topliss-reactive ketones (excluding diaryl/α,β-unsaturated/α-hetero) is 1. The van der Waals surface area contributed by atoms with Gasteiger partial charge >= 0.3 is 6.18 Å². The van der Waals surface area contributed by atoms with Crippen LogP contribution < -0.4 is 4.90 Å². The predicted molar refractivity (Wildman–Crippen MR) is 67.5 cm³/mol. The lowest BCUT2D eigenvalue weighted by Crippen LogP contribution is -2.35. The number of anilines is 1. The molecule has 0 bridgehead atoms. The van der Waals surface area contributed by atoms with Crippen molar-refractivity contribution in [2.75, 3.05) is 11.4 Å². The van der Waals surface area contributed by atoms with Crippen LogP contribution in [0.15, 0.2) is 24.3 Å². The minimum Gasteiger partial charge on any atom is -0.360 e. The van der Waals surface area contributed by atoms with E-state index in [4.69, 9.17) is 0 Å². The average molecular weight is 271 g/mol. The second-order valence-electron chi connectivity index (χ2n) is 4.80. The highest BCUT2D eigenvalue weighted by atomic mass is 19.4. The standard InChI is InChI=1S/C14H16F3NO/c1-2-13(19)10-3-5-11(6-4-10)18(12-7-8-12)9-14(15,16)17/h3-6,12H,2,7-9H2,1H3. The van der Waals surface area contributed by atoms with Crippen molar-refractivity contribution < 1.29 is 18.0 Å². The quantitative estimate of drug-likeness (QED) is 0.759. The molecule has 1 aromatic rings. The number of halogens is 3. The molecule has 1 fully saturated rings. The topological polar surface area (TPSA) is 20.3 Å². The number of carbonyl (C=O) groups excluding carboxylic acids is 1. The molecule has 2 nitrogen and oxygen atoms in total. The first kappa shape index (κ1) is 13.9. The van der Waals surface area contributed by atoms with Crippen LogP contribution in [-0.2, 0) is 0 Å². The van der Waals surface area contributed by atoms with Gasteiger partial charge in [0.05, 0.1) is 0 Å². The van der Waals surface area contributed by atoms with E-state index in [0.717, 1.165) is 12.8 Å². The van der Waals surface area contributed by atoms with E-state index in [9.17, 15) is 18.0 Å². The van der Waals surface area contributed by atoms with E-state index in [1.54, 1.807) is 31.2 Å². The normalized spacial score (nSPS) is 15.4. The number of nitrogens with zero attached hydrogens (tertiary/aromatic N) is 1. The SMILES string of the molecule is CCC(=O)c1ccc(N(CC(F)(F)F)C2CC2)cc1. The molecule has 0 atom stereocenters. The van der Waals surface area contributed by atoms with E-state index in [1.807, 2.05) is 0 Å². The Balaban J connectivity index is 2.16. The van der Waals surface area contributed by atoms with Gasteiger partial charge in [-0.3, -0.25) is 4.79 Å². The summed E-state index contributed by atoms with van der Waals surface area (Å²) in [6.45, 7) is 0.829. The molecular weight excluding hydrogens is 255 g/mol. The fourth-order valence-electron chi connectivity index (χ4n) is 2.05. The van der Waals surface area contributed by atoms with E-state index in [1.165, 1.54) is 4.90 Å². The smallest absolute Gasteiger partial charge is 0.360 e. The minimum absolute atomic E-state index is 0.000318. The third-order valence-electron chi connectivity index (χ3n) is 3.18. The molecule has 1 aromatic carbocycles. The summed E-state index contributed by atoms with van der Waals surface area (Å²) in [7, 11) is 0. The predicted octanol–water partition coefficient (Wildman–Crippen LogP) is 3.81. The maximum Gasteiger partial charge on any atom is 0.405 e. The Morgan fingerprint density at radius 2 is 1.84 bits per heavy atom. The molecule has 19 heavy (non-hydrogen) atoms. The van der Waals surface area contributed by atoms with Gasteiger partial charge < -0.3 is 4.90 Å². The van der Waals surface area contributed by atoms with Gasteiger partial charge in [0, 0.05) is 23.7 Å². The summed E-state index contributed by atoms with van der Waals surface area (Å²) < 4.78 is 37.6. The Bertz CT molecular complexity index is 449. The first-order valence-electron chi connectivity index (χ1n) is 6.37. The molecule has 0 aliphatic heterocycles. The van der Waals surface area contributed by atoms with Crippen LogP contribution in [0, 0.1) is 0 Å². The van der Waals surface area contributed by atoms with Gasteiger partial charge in [0.2, 0.25) is 0 Å². The molecule has 0 unspecified atom stereocenters. The summed E-state index contributed by atoms with van der Waals surface area (Å²) in [4.78, 5) is 12.9. The van der Waals surface area contributed by atoms with Gasteiger partial charge in [0.1, 0.15) is 6.54 Å². The molecule has 1 saturated carbocycles. The molecule has 0 N–H and O–H groups in total. The van der Waals surface area contributed by atoms with Crippen LogP contribution in [0.2, 0.25) is 0 Å². The van der Waals surface area contributed by atoms with Crippen molar-refractivity contribution in [3.05, 3.63) is 29.8 Å². The maximum atomic E-state index is 12.5. The zero-order valence-electron chi connectivity index (χ0n) is 10.7. The maximum absolute atomic E-state index is 12.5. The number of carbonyl (C=O) groups is 1. The molecule has 5 heteroatoms. The van der Waals surface area contributed by atoms with Crippen molar-refractivity contribution in [1.82, 2.24) is 0 Å². The summed E-state index contributed by atoms with van der Waals surface area (Å²) in [6, 6.07) is 6.40. The molecule has 0 amide bonds. The van der Waals surface area contributed by atoms with E-state index in [-0.39, 0.29) is 11.8 Å². The number of rotatable bonds is 5. The van der Waals surface area contributed by atoms with Crippen molar-refractivity contribution in [3.63, 3.8) is 0 Å². The fourth-order valence-corrected chi connectivity index (χ4v) is 2.05. The van der Waals surface area contributed by atoms with Crippen LogP contribution in [0.3, 0.4) is 0 Å². The molecule has 0 radical (unpaired) electrons. The summed E-state index contributed by atoms with van der Waals surface area (Å²) >= 11 is 0. The Kier molecular flexibility index (Phi) is 3.83. The van der Waals surface area contributed by atoms with E-state index in [2.05, 4.69) is 0 Å². The van der Waals surface area contributed by atoms with E-state index < -0.39 is 12.7 Å². The lowest BCUT2D eigenvalue weighted by atomic mass is 10.1. The van der Waals surface area contributed by atoms with Crippen molar-refractivity contribution in [3.8, 4) is 0 Å². The van der Waals surface area contributed by atoms with Crippen LogP contribution in [0.4, 0.5) is 18.9 Å². The zero-order chi connectivity index (χ0) is 14.0. The second kappa shape index (κ2) is 5.23. The van der Waals surface area contributed by atoms with Crippen LogP contribution in [0.25, 0.3) is 0 Å². The van der Waals surface area contributed by atoms with Gasteiger partial charge in [0.25, 0.3) is 0 Å². The fraction of sp³-hybridized carbons (Fsp3) is 0.500.